The van der Waals surface area contributed by atoms with Crippen molar-refractivity contribution in [2.75, 3.05) is 5.32 Å². The zero-order valence-electron chi connectivity index (χ0n) is 13.1. The van der Waals surface area contributed by atoms with Crippen molar-refractivity contribution in [2.45, 2.75) is 6.54 Å². The molecule has 0 unspecified atom stereocenters. The molecule has 2 N–H and O–H groups in total. The Morgan fingerprint density at radius 3 is 2.60 bits per heavy atom. The second kappa shape index (κ2) is 6.49. The molecular weight excluding hydrogens is 337 g/mol. The fourth-order valence-corrected chi connectivity index (χ4v) is 3.63. The van der Waals surface area contributed by atoms with E-state index in [9.17, 15) is 9.18 Å². The Hall–Kier alpha value is -2.99. The molecule has 0 spiro atoms. The van der Waals surface area contributed by atoms with E-state index in [1.807, 2.05) is 35.7 Å². The van der Waals surface area contributed by atoms with Gasteiger partial charge in [0.15, 0.2) is 0 Å². The van der Waals surface area contributed by atoms with Gasteiger partial charge in [0.25, 0.3) is 5.56 Å². The number of aromatic amines is 1. The third kappa shape index (κ3) is 3.16. The summed E-state index contributed by atoms with van der Waals surface area (Å²) in [7, 11) is 0. The number of hydrogen-bond donors (Lipinski definition) is 2. The van der Waals surface area contributed by atoms with Crippen LogP contribution in [0.3, 0.4) is 0 Å². The van der Waals surface area contributed by atoms with Crippen molar-refractivity contribution in [3.8, 4) is 11.1 Å². The van der Waals surface area contributed by atoms with E-state index in [1.165, 1.54) is 23.5 Å². The van der Waals surface area contributed by atoms with Crippen molar-refractivity contribution in [3.63, 3.8) is 0 Å². The molecule has 6 heteroatoms. The number of anilines is 1. The van der Waals surface area contributed by atoms with E-state index < -0.39 is 0 Å². The van der Waals surface area contributed by atoms with Gasteiger partial charge < -0.3 is 10.3 Å². The lowest BCUT2D eigenvalue weighted by atomic mass is 10.1. The van der Waals surface area contributed by atoms with Crippen LogP contribution < -0.4 is 10.9 Å². The second-order valence-electron chi connectivity index (χ2n) is 5.57. The first kappa shape index (κ1) is 15.5. The molecule has 2 aromatic heterocycles. The average Bonchev–Trinajstić information content (AvgIpc) is 3.07. The minimum Gasteiger partial charge on any atom is -0.378 e. The molecule has 2 aromatic carbocycles. The Morgan fingerprint density at radius 2 is 1.84 bits per heavy atom. The number of nitrogens with one attached hydrogen (secondary N) is 2. The van der Waals surface area contributed by atoms with Gasteiger partial charge >= 0.3 is 0 Å². The Kier molecular flexibility index (Phi) is 4.03. The topological polar surface area (TPSA) is 57.8 Å². The van der Waals surface area contributed by atoms with Gasteiger partial charge in [-0.2, -0.15) is 0 Å². The van der Waals surface area contributed by atoms with Crippen molar-refractivity contribution in [3.05, 3.63) is 82.0 Å². The molecule has 2 heterocycles. The number of nitrogens with zero attached hydrogens (tertiary/aromatic N) is 1. The highest BCUT2D eigenvalue weighted by molar-refractivity contribution is 7.17. The molecule has 0 aliphatic carbocycles. The molecule has 0 fully saturated rings. The predicted octanol–water partition coefficient (Wildman–Crippen LogP) is 4.40. The smallest absolute Gasteiger partial charge is 0.260 e. The number of halogens is 1. The highest BCUT2D eigenvalue weighted by Gasteiger charge is 2.12. The van der Waals surface area contributed by atoms with Gasteiger partial charge in [0.2, 0.25) is 0 Å². The van der Waals surface area contributed by atoms with E-state index in [-0.39, 0.29) is 11.4 Å². The van der Waals surface area contributed by atoms with Crippen molar-refractivity contribution >= 4 is 27.2 Å². The Morgan fingerprint density at radius 1 is 1.08 bits per heavy atom. The van der Waals surface area contributed by atoms with Gasteiger partial charge in [-0.05, 0) is 29.8 Å². The summed E-state index contributed by atoms with van der Waals surface area (Å²) in [5.74, 6) is 0.258. The van der Waals surface area contributed by atoms with Gasteiger partial charge in [0.05, 0.1) is 11.9 Å². The summed E-state index contributed by atoms with van der Waals surface area (Å²) >= 11 is 1.45. The zero-order valence-corrected chi connectivity index (χ0v) is 13.9. The first-order valence-electron chi connectivity index (χ1n) is 7.76. The number of hydrogen-bond acceptors (Lipinski definition) is 4. The average molecular weight is 351 g/mol. The van der Waals surface area contributed by atoms with Crippen molar-refractivity contribution in [2.24, 2.45) is 0 Å². The third-order valence-electron chi connectivity index (χ3n) is 3.88. The Bertz CT molecular complexity index is 1070. The molecule has 25 heavy (non-hydrogen) atoms. The van der Waals surface area contributed by atoms with Crippen LogP contribution in [-0.2, 0) is 6.54 Å². The lowest BCUT2D eigenvalue weighted by molar-refractivity contribution is 0.628. The van der Waals surface area contributed by atoms with Gasteiger partial charge in [-0.1, -0.05) is 30.3 Å². The summed E-state index contributed by atoms with van der Waals surface area (Å²) in [6.45, 7) is 0.357. The van der Waals surface area contributed by atoms with Crippen LogP contribution in [0.4, 0.5) is 10.1 Å². The van der Waals surface area contributed by atoms with E-state index >= 15 is 0 Å². The maximum atomic E-state index is 12.9. The molecule has 4 aromatic rings. The number of fused-ring (bicyclic) bond motifs is 1. The SMILES string of the molecule is O=c1[nH]c(CNc2ccc(F)cc2)nc2scc(-c3ccccc3)c12. The first-order valence-corrected chi connectivity index (χ1v) is 8.64. The van der Waals surface area contributed by atoms with Gasteiger partial charge in [-0.25, -0.2) is 9.37 Å². The van der Waals surface area contributed by atoms with Crippen LogP contribution in [0.1, 0.15) is 5.82 Å². The van der Waals surface area contributed by atoms with Crippen LogP contribution in [0, 0.1) is 5.82 Å². The molecule has 0 saturated heterocycles. The number of benzene rings is 2. The van der Waals surface area contributed by atoms with Crippen molar-refractivity contribution in [1.82, 2.24) is 9.97 Å². The molecule has 0 aliphatic heterocycles. The molecule has 0 saturated carbocycles. The standard InChI is InChI=1S/C19H14FN3OS/c20-13-6-8-14(9-7-13)21-10-16-22-18(24)17-15(11-25-19(17)23-16)12-4-2-1-3-5-12/h1-9,11,21H,10H2,(H,22,23,24). The minimum absolute atomic E-state index is 0.152. The molecule has 0 amide bonds. The third-order valence-corrected chi connectivity index (χ3v) is 4.75. The minimum atomic E-state index is -0.287. The molecule has 4 rings (SSSR count). The summed E-state index contributed by atoms with van der Waals surface area (Å²) in [5.41, 5.74) is 2.51. The largest absolute Gasteiger partial charge is 0.378 e. The van der Waals surface area contributed by atoms with Crippen molar-refractivity contribution in [1.29, 1.82) is 0 Å². The molecule has 4 nitrogen and oxygen atoms in total. The fourth-order valence-electron chi connectivity index (χ4n) is 2.66. The monoisotopic (exact) mass is 351 g/mol. The number of H-pyrrole nitrogens is 1. The van der Waals surface area contributed by atoms with Gasteiger partial charge in [0, 0.05) is 16.6 Å². The molecule has 124 valence electrons. The molecular formula is C19H14FN3OS. The van der Waals surface area contributed by atoms with Crippen LogP contribution in [0.2, 0.25) is 0 Å². The summed E-state index contributed by atoms with van der Waals surface area (Å²) in [5, 5.41) is 5.69. The van der Waals surface area contributed by atoms with Crippen LogP contribution in [0.5, 0.6) is 0 Å². The van der Waals surface area contributed by atoms with Gasteiger partial charge in [-0.15, -0.1) is 11.3 Å². The molecule has 0 atom stereocenters. The van der Waals surface area contributed by atoms with Crippen LogP contribution in [0.15, 0.2) is 64.8 Å². The van der Waals surface area contributed by atoms with Crippen LogP contribution in [-0.4, -0.2) is 9.97 Å². The number of aromatic nitrogens is 2. The maximum absolute atomic E-state index is 12.9. The van der Waals surface area contributed by atoms with Crippen molar-refractivity contribution < 1.29 is 4.39 Å². The van der Waals surface area contributed by atoms with E-state index in [0.717, 1.165) is 16.8 Å². The number of rotatable bonds is 4. The predicted molar refractivity (Wildman–Crippen MR) is 99.4 cm³/mol. The van der Waals surface area contributed by atoms with E-state index in [2.05, 4.69) is 15.3 Å². The molecule has 0 radical (unpaired) electrons. The second-order valence-corrected chi connectivity index (χ2v) is 6.43. The van der Waals surface area contributed by atoms with E-state index in [0.29, 0.717) is 22.6 Å². The first-order chi connectivity index (χ1) is 12.2. The van der Waals surface area contributed by atoms with Crippen LogP contribution >= 0.6 is 11.3 Å². The van der Waals surface area contributed by atoms with E-state index in [4.69, 9.17) is 0 Å². The lowest BCUT2D eigenvalue weighted by Gasteiger charge is -2.06. The highest BCUT2D eigenvalue weighted by Crippen LogP contribution is 2.30. The summed E-state index contributed by atoms with van der Waals surface area (Å²) in [6.07, 6.45) is 0. The summed E-state index contributed by atoms with van der Waals surface area (Å²) in [4.78, 5) is 20.6. The Balaban J connectivity index is 1.64. The maximum Gasteiger partial charge on any atom is 0.260 e. The Labute approximate surface area is 147 Å². The zero-order chi connectivity index (χ0) is 17.2. The van der Waals surface area contributed by atoms with Gasteiger partial charge in [0.1, 0.15) is 16.5 Å². The number of thiophene rings is 1. The normalized spacial score (nSPS) is 10.9. The van der Waals surface area contributed by atoms with Crippen LogP contribution in [0.25, 0.3) is 21.3 Å². The fraction of sp³-hybridized carbons (Fsp3) is 0.0526. The molecule has 0 bridgehead atoms. The highest BCUT2D eigenvalue weighted by atomic mass is 32.1. The quantitative estimate of drug-likeness (QED) is 0.573. The lowest BCUT2D eigenvalue weighted by Crippen LogP contribution is -2.14. The summed E-state index contributed by atoms with van der Waals surface area (Å²) in [6, 6.07) is 15.8. The molecule has 0 aliphatic rings. The van der Waals surface area contributed by atoms with Gasteiger partial charge in [-0.3, -0.25) is 4.79 Å². The summed E-state index contributed by atoms with van der Waals surface area (Å²) < 4.78 is 12.9. The van der Waals surface area contributed by atoms with E-state index in [1.54, 1.807) is 12.1 Å².